The Bertz CT molecular complexity index is 1270. The van der Waals surface area contributed by atoms with Gasteiger partial charge in [-0.05, 0) is 59.3 Å². The number of hydrogen-bond donors (Lipinski definition) is 0. The average Bonchev–Trinajstić information content (AvgIpc) is 3.60. The highest BCUT2D eigenvalue weighted by atomic mass is 32.1. The molecule has 1 amide bonds. The minimum Gasteiger partial charge on any atom is -0.493 e. The van der Waals surface area contributed by atoms with Gasteiger partial charge in [-0.1, -0.05) is 12.1 Å². The maximum atomic E-state index is 13.8. The van der Waals surface area contributed by atoms with Crippen molar-refractivity contribution in [1.82, 2.24) is 9.88 Å². The van der Waals surface area contributed by atoms with E-state index in [1.54, 1.807) is 31.1 Å². The number of aromatic nitrogens is 1. The summed E-state index contributed by atoms with van der Waals surface area (Å²) in [6.45, 7) is 0.978. The summed E-state index contributed by atoms with van der Waals surface area (Å²) in [5, 5.41) is 4.00. The molecule has 3 heterocycles. The Labute approximate surface area is 206 Å². The summed E-state index contributed by atoms with van der Waals surface area (Å²) in [5.41, 5.74) is 5.48. The standard InChI is InChI=1S/C26H24N2O4S2/c1-30-22-12-17-8-9-28(25(24-7-4-10-34-24)21(17)13-23(22)31-2)26(29)18-5-3-6-20(11-18)32-14-19-15-33-16-27-19/h3-7,10-13,15-16,25H,8-9,14H2,1-2H3. The minimum absolute atomic E-state index is 0.0297. The van der Waals surface area contributed by atoms with E-state index in [-0.39, 0.29) is 11.9 Å². The van der Waals surface area contributed by atoms with Crippen molar-refractivity contribution in [3.8, 4) is 17.2 Å². The Morgan fingerprint density at radius 1 is 1.12 bits per heavy atom. The third-order valence-corrected chi connectivity index (χ3v) is 7.46. The summed E-state index contributed by atoms with van der Waals surface area (Å²) in [4.78, 5) is 21.1. The predicted octanol–water partition coefficient (Wildman–Crippen LogP) is 5.59. The topological polar surface area (TPSA) is 60.9 Å². The van der Waals surface area contributed by atoms with E-state index in [0.717, 1.165) is 22.6 Å². The average molecular weight is 493 g/mol. The molecule has 1 aliphatic rings. The van der Waals surface area contributed by atoms with Gasteiger partial charge in [-0.25, -0.2) is 4.98 Å². The molecule has 8 heteroatoms. The SMILES string of the molecule is COc1cc2c(cc1OC)C(c1cccs1)N(C(=O)c1cccc(OCc3cscn3)c1)CC2. The van der Waals surface area contributed by atoms with Crippen LogP contribution >= 0.6 is 22.7 Å². The smallest absolute Gasteiger partial charge is 0.254 e. The second kappa shape index (κ2) is 9.87. The Morgan fingerprint density at radius 2 is 1.97 bits per heavy atom. The van der Waals surface area contributed by atoms with Gasteiger partial charge in [0.1, 0.15) is 12.4 Å². The molecule has 1 unspecified atom stereocenters. The van der Waals surface area contributed by atoms with Crippen molar-refractivity contribution in [3.63, 3.8) is 0 Å². The third kappa shape index (κ3) is 4.38. The zero-order valence-electron chi connectivity index (χ0n) is 18.9. The molecule has 174 valence electrons. The number of fused-ring (bicyclic) bond motifs is 1. The Hall–Kier alpha value is -3.36. The number of carbonyl (C=O) groups excluding carboxylic acids is 1. The normalized spacial score (nSPS) is 15.0. The third-order valence-electron chi connectivity index (χ3n) is 5.90. The summed E-state index contributed by atoms with van der Waals surface area (Å²) in [5.74, 6) is 1.98. The molecular formula is C26H24N2O4S2. The molecule has 0 aliphatic carbocycles. The van der Waals surface area contributed by atoms with Crippen molar-refractivity contribution in [2.75, 3.05) is 20.8 Å². The second-order valence-corrected chi connectivity index (χ2v) is 9.57. The second-order valence-electron chi connectivity index (χ2n) is 7.87. The zero-order valence-corrected chi connectivity index (χ0v) is 20.5. The van der Waals surface area contributed by atoms with Crippen molar-refractivity contribution in [1.29, 1.82) is 0 Å². The lowest BCUT2D eigenvalue weighted by Gasteiger charge is -2.37. The number of thiazole rings is 1. The van der Waals surface area contributed by atoms with Gasteiger partial charge in [-0.2, -0.15) is 0 Å². The van der Waals surface area contributed by atoms with Gasteiger partial charge >= 0.3 is 0 Å². The summed E-state index contributed by atoms with van der Waals surface area (Å²) in [6, 6.07) is 15.3. The Balaban J connectivity index is 1.47. The largest absolute Gasteiger partial charge is 0.493 e. The summed E-state index contributed by atoms with van der Waals surface area (Å²) >= 11 is 3.18. The molecule has 0 fully saturated rings. The molecule has 5 rings (SSSR count). The minimum atomic E-state index is -0.198. The summed E-state index contributed by atoms with van der Waals surface area (Å²) < 4.78 is 17.0. The highest BCUT2D eigenvalue weighted by Crippen LogP contribution is 2.42. The summed E-state index contributed by atoms with van der Waals surface area (Å²) in [7, 11) is 3.27. The molecule has 0 spiro atoms. The molecular weight excluding hydrogens is 468 g/mol. The van der Waals surface area contributed by atoms with E-state index >= 15 is 0 Å². The molecule has 0 saturated heterocycles. The number of carbonyl (C=O) groups is 1. The van der Waals surface area contributed by atoms with Crippen LogP contribution in [0.15, 0.2) is 64.8 Å². The van der Waals surface area contributed by atoms with Crippen LogP contribution in [-0.2, 0) is 13.0 Å². The monoisotopic (exact) mass is 492 g/mol. The van der Waals surface area contributed by atoms with Gasteiger partial charge in [0.25, 0.3) is 5.91 Å². The Kier molecular flexibility index (Phi) is 6.51. The summed E-state index contributed by atoms with van der Waals surface area (Å²) in [6.07, 6.45) is 0.739. The highest BCUT2D eigenvalue weighted by Gasteiger charge is 2.34. The lowest BCUT2D eigenvalue weighted by Crippen LogP contribution is -2.40. The number of amides is 1. The fourth-order valence-electron chi connectivity index (χ4n) is 4.27. The maximum Gasteiger partial charge on any atom is 0.254 e. The highest BCUT2D eigenvalue weighted by molar-refractivity contribution is 7.10. The maximum absolute atomic E-state index is 13.8. The van der Waals surface area contributed by atoms with Crippen molar-refractivity contribution in [2.45, 2.75) is 19.1 Å². The van der Waals surface area contributed by atoms with Gasteiger partial charge in [0.05, 0.1) is 31.5 Å². The lowest BCUT2D eigenvalue weighted by molar-refractivity contribution is 0.0696. The van der Waals surface area contributed by atoms with Crippen LogP contribution in [0.1, 0.15) is 38.1 Å². The van der Waals surface area contributed by atoms with E-state index < -0.39 is 0 Å². The van der Waals surface area contributed by atoms with Crippen molar-refractivity contribution < 1.29 is 19.0 Å². The van der Waals surface area contributed by atoms with Crippen LogP contribution < -0.4 is 14.2 Å². The van der Waals surface area contributed by atoms with Gasteiger partial charge in [0.2, 0.25) is 0 Å². The number of benzene rings is 2. The van der Waals surface area contributed by atoms with Gasteiger partial charge < -0.3 is 19.1 Å². The fraction of sp³-hybridized carbons (Fsp3) is 0.231. The van der Waals surface area contributed by atoms with E-state index in [1.165, 1.54) is 16.9 Å². The molecule has 0 saturated carbocycles. The van der Waals surface area contributed by atoms with E-state index in [1.807, 2.05) is 58.1 Å². The first-order valence-electron chi connectivity index (χ1n) is 10.9. The van der Waals surface area contributed by atoms with Crippen LogP contribution in [0.2, 0.25) is 0 Å². The van der Waals surface area contributed by atoms with Gasteiger partial charge in [0.15, 0.2) is 11.5 Å². The van der Waals surface area contributed by atoms with Crippen LogP contribution in [0, 0.1) is 0 Å². The molecule has 2 aromatic heterocycles. The van der Waals surface area contributed by atoms with E-state index in [9.17, 15) is 4.79 Å². The van der Waals surface area contributed by atoms with Crippen molar-refractivity contribution in [3.05, 3.63) is 92.1 Å². The van der Waals surface area contributed by atoms with E-state index in [4.69, 9.17) is 14.2 Å². The molecule has 6 nitrogen and oxygen atoms in total. The lowest BCUT2D eigenvalue weighted by atomic mass is 9.90. The number of rotatable bonds is 7. The van der Waals surface area contributed by atoms with Crippen LogP contribution in [0.3, 0.4) is 0 Å². The molecule has 1 aliphatic heterocycles. The van der Waals surface area contributed by atoms with Gasteiger partial charge in [-0.3, -0.25) is 4.79 Å². The fourth-order valence-corrected chi connectivity index (χ4v) is 5.67. The number of nitrogens with zero attached hydrogens (tertiary/aromatic N) is 2. The van der Waals surface area contributed by atoms with Crippen LogP contribution in [-0.4, -0.2) is 36.6 Å². The molecule has 0 bridgehead atoms. The van der Waals surface area contributed by atoms with Crippen LogP contribution in [0.4, 0.5) is 0 Å². The zero-order chi connectivity index (χ0) is 23.5. The quantitative estimate of drug-likeness (QED) is 0.337. The number of thiophene rings is 1. The van der Waals surface area contributed by atoms with Crippen molar-refractivity contribution in [2.24, 2.45) is 0 Å². The first kappa shape index (κ1) is 22.4. The number of hydrogen-bond acceptors (Lipinski definition) is 7. The molecule has 34 heavy (non-hydrogen) atoms. The van der Waals surface area contributed by atoms with Gasteiger partial charge in [0, 0.05) is 22.4 Å². The molecule has 4 aromatic rings. The molecule has 0 N–H and O–H groups in total. The molecule has 1 atom stereocenters. The first-order valence-corrected chi connectivity index (χ1v) is 12.7. The van der Waals surface area contributed by atoms with Crippen LogP contribution in [0.5, 0.6) is 17.2 Å². The van der Waals surface area contributed by atoms with E-state index in [0.29, 0.717) is 36.0 Å². The Morgan fingerprint density at radius 3 is 2.71 bits per heavy atom. The van der Waals surface area contributed by atoms with Crippen LogP contribution in [0.25, 0.3) is 0 Å². The van der Waals surface area contributed by atoms with Gasteiger partial charge in [-0.15, -0.1) is 22.7 Å². The first-order chi connectivity index (χ1) is 16.7. The van der Waals surface area contributed by atoms with Crippen molar-refractivity contribution >= 4 is 28.6 Å². The number of ether oxygens (including phenoxy) is 3. The van der Waals surface area contributed by atoms with E-state index in [2.05, 4.69) is 11.1 Å². The number of methoxy groups -OCH3 is 2. The predicted molar refractivity (Wildman–Crippen MR) is 133 cm³/mol. The molecule has 0 radical (unpaired) electrons. The molecule has 2 aromatic carbocycles.